The summed E-state index contributed by atoms with van der Waals surface area (Å²) in [6.07, 6.45) is -2.45. The van der Waals surface area contributed by atoms with E-state index in [1.54, 1.807) is 20.8 Å². The van der Waals surface area contributed by atoms with Crippen molar-refractivity contribution in [2.24, 2.45) is 35.3 Å². The molecule has 610 valence electrons. The third kappa shape index (κ3) is 28.1. The number of nitrogens with zero attached hydrogens (tertiary/aromatic N) is 2. The molecule has 2 aromatic rings. The number of hydrazine groups is 2. The van der Waals surface area contributed by atoms with Gasteiger partial charge in [-0.1, -0.05) is 34.1 Å². The van der Waals surface area contributed by atoms with Crippen molar-refractivity contribution in [1.29, 1.82) is 0 Å². The van der Waals surface area contributed by atoms with Gasteiger partial charge >= 0.3 is 0 Å². The first-order valence-corrected chi connectivity index (χ1v) is 39.3. The number of ether oxygens (including phenoxy) is 9. The molecule has 5 aliphatic rings. The zero-order chi connectivity index (χ0) is 78.9. The molecular formula is C70H108N12O25S2. The van der Waals surface area contributed by atoms with Crippen LogP contribution in [-0.2, 0) is 118 Å². The zero-order valence-electron chi connectivity index (χ0n) is 62.1. The molecule has 3 unspecified atom stereocenters. The quantitative estimate of drug-likeness (QED) is 0.0222. The number of aliphatic hydroxyl groups is 3. The van der Waals surface area contributed by atoms with Gasteiger partial charge in [0.05, 0.1) is 192 Å². The van der Waals surface area contributed by atoms with Crippen molar-refractivity contribution in [2.45, 2.75) is 126 Å². The van der Waals surface area contributed by atoms with Crippen LogP contribution in [-0.4, -0.2) is 310 Å². The average Bonchev–Trinajstić information content (AvgIpc) is 1.62. The smallest absolute Gasteiger partial charge is 0.246 e. The van der Waals surface area contributed by atoms with Crippen molar-refractivity contribution in [3.8, 4) is 5.75 Å². The second-order valence-corrected chi connectivity index (χ2v) is 29.6. The van der Waals surface area contributed by atoms with Crippen molar-refractivity contribution in [1.82, 2.24) is 57.8 Å². The van der Waals surface area contributed by atoms with Crippen LogP contribution in [0.25, 0.3) is 10.9 Å². The molecule has 5 heterocycles. The van der Waals surface area contributed by atoms with Gasteiger partial charge in [-0.3, -0.25) is 62.0 Å². The topological polar surface area (TPSA) is 513 Å². The van der Waals surface area contributed by atoms with Gasteiger partial charge in [-0.15, -0.1) is 5.53 Å². The fraction of sp³-hybridized carbons (Fsp3) is 0.700. The molecule has 39 heteroatoms. The number of phenolic OH excluding ortho intramolecular Hbond substituents is 1. The van der Waals surface area contributed by atoms with Crippen LogP contribution in [0.2, 0.25) is 0 Å². The molecule has 1 aromatic carbocycles. The normalized spacial score (nSPS) is 24.5. The summed E-state index contributed by atoms with van der Waals surface area (Å²) in [4.78, 5) is 156. The van der Waals surface area contributed by atoms with Gasteiger partial charge in [-0.2, -0.15) is 11.8 Å². The standard InChI is InChI=1S/C70H108N12O25S2/c1-5-41(2)48-30-45(84)34-72-65(93)52-32-49-47-6-7-56(86)51(39-108-27-26-107-25-24-106-23-22-105-21-20-104-19-18-103-17-16-102-15-14-101-13-12-100-11-10-99-9-8-81-36-44(79-80-81)29-50-57(87)28-42(3)63(50)91)62(47)78-69(49)109(98)40-54(74-60(90)35-73-64(48)92)66(94)76-53(33-59(71)89)70(97)82-37-46(85)31-55(82)67(95)77-61(68(96)75-52)43(4)58(88)38-83/h6-7,36,41-43,46,48,50,52-55,58,61,78-80,83,85-86,88H,5,8-35,37-40H2,1-4H3,(H2,71,89)(H,72,93)(H,73,92)(H,74,90)(H,75,96)(H,76,94)(H,77,95)/t41-,42?,43-,46+,48-,50?,52-,53-,54+,55-,58-,61-,109?/m0/s1. The molecule has 1 aliphatic carbocycles. The van der Waals surface area contributed by atoms with Crippen LogP contribution >= 0.6 is 11.8 Å². The van der Waals surface area contributed by atoms with E-state index in [1.165, 1.54) is 30.8 Å². The Balaban J connectivity index is 0.860. The summed E-state index contributed by atoms with van der Waals surface area (Å²) in [5.41, 5.74) is 12.9. The number of carbonyl (C=O) groups is 11. The molecule has 0 spiro atoms. The fourth-order valence-corrected chi connectivity index (χ4v) is 14.9. The van der Waals surface area contributed by atoms with Crippen LogP contribution < -0.4 is 48.6 Å². The minimum Gasteiger partial charge on any atom is -0.508 e. The van der Waals surface area contributed by atoms with Crippen LogP contribution in [0, 0.1) is 29.6 Å². The first-order chi connectivity index (χ1) is 52.4. The lowest BCUT2D eigenvalue weighted by Gasteiger charge is -2.32. The molecule has 4 aliphatic heterocycles. The van der Waals surface area contributed by atoms with E-state index in [2.05, 4.69) is 47.8 Å². The summed E-state index contributed by atoms with van der Waals surface area (Å²) >= 11 is 1.35. The SMILES string of the molecule is CC[C@H](C)[C@@H]1CC(=O)CNC(=O)[C@@H]2Cc3c([nH]c4c(CSCCOCCOCCOCCOCCOCCOCCOCCOCCOCCN5C=C(CC6C(=O)CC(C)C6=O)NN5)c(O)ccc34)S(=O)C[C@@H](NC(=O)CNC1=O)C(=O)N[C@@H](CC(N)=O)C(=O)N1C[C@H](O)C[C@H]1C(=O)N[C@@H]([C@@H](C)[C@@H](O)CO)C(=O)N2. The number of hydrogen-bond acceptors (Lipinski definition) is 29. The van der Waals surface area contributed by atoms with Crippen molar-refractivity contribution in [3.63, 3.8) is 0 Å². The van der Waals surface area contributed by atoms with E-state index in [1.807, 2.05) is 11.2 Å². The molecule has 13 atom stereocenters. The number of aliphatic hydroxyl groups excluding tert-OH is 3. The number of nitrogens with one attached hydrogen (secondary N) is 9. The number of H-pyrrole nitrogens is 1. The summed E-state index contributed by atoms with van der Waals surface area (Å²) in [6, 6.07) is -6.12. The van der Waals surface area contributed by atoms with Gasteiger partial charge < -0.3 is 116 Å². The molecule has 1 aromatic heterocycles. The van der Waals surface area contributed by atoms with Crippen molar-refractivity contribution in [2.75, 3.05) is 163 Å². The number of aromatic amines is 1. The molecule has 2 fully saturated rings. The first kappa shape index (κ1) is 88.9. The van der Waals surface area contributed by atoms with Crippen molar-refractivity contribution < 1.29 is 120 Å². The number of allylic oxidation sites excluding steroid dienone is 1. The number of ketones is 3. The highest BCUT2D eigenvalue weighted by Crippen LogP contribution is 2.36. The van der Waals surface area contributed by atoms with Gasteiger partial charge in [0.25, 0.3) is 0 Å². The van der Waals surface area contributed by atoms with Gasteiger partial charge in [0.2, 0.25) is 47.3 Å². The minimum absolute atomic E-state index is 0.00104. The second-order valence-electron chi connectivity index (χ2n) is 27.1. The Bertz CT molecular complexity index is 3440. The Labute approximate surface area is 638 Å². The zero-order valence-corrected chi connectivity index (χ0v) is 63.8. The van der Waals surface area contributed by atoms with E-state index in [0.29, 0.717) is 131 Å². The van der Waals surface area contributed by atoms with Crippen molar-refractivity contribution in [3.05, 3.63) is 35.2 Å². The average molecular weight is 1580 g/mol. The summed E-state index contributed by atoms with van der Waals surface area (Å²) < 4.78 is 65.7. The molecule has 37 nitrogen and oxygen atoms in total. The second kappa shape index (κ2) is 46.5. The van der Waals surface area contributed by atoms with Crippen LogP contribution in [0.15, 0.2) is 29.1 Å². The van der Waals surface area contributed by atoms with Gasteiger partial charge in [0.1, 0.15) is 52.6 Å². The number of fused-ring (bicyclic) bond motifs is 5. The number of carbonyl (C=O) groups excluding carboxylic acids is 11. The molecule has 0 radical (unpaired) electrons. The number of thioether (sulfide) groups is 1. The summed E-state index contributed by atoms with van der Waals surface area (Å²) in [6.45, 7) is 10.8. The predicted octanol–water partition coefficient (Wildman–Crippen LogP) is -4.10. The van der Waals surface area contributed by atoms with Gasteiger partial charge in [-0.05, 0) is 23.6 Å². The lowest BCUT2D eigenvalue weighted by atomic mass is 9.86. The minimum atomic E-state index is -2.48. The highest BCUT2D eigenvalue weighted by atomic mass is 32.2. The van der Waals surface area contributed by atoms with E-state index < -0.39 is 188 Å². The first-order valence-electron chi connectivity index (χ1n) is 36.8. The number of aromatic nitrogens is 1. The number of primary amides is 1. The number of rotatable bonds is 41. The number of Topliss-reactive ketones (excluding diaryl/α,β-unsaturated/α-hetero) is 3. The maximum absolute atomic E-state index is 15.3. The fourth-order valence-electron chi connectivity index (χ4n) is 12.7. The van der Waals surface area contributed by atoms with E-state index in [9.17, 15) is 73.2 Å². The molecule has 1 saturated carbocycles. The molecular weight excluding hydrogens is 1470 g/mol. The van der Waals surface area contributed by atoms with E-state index in [-0.39, 0.29) is 75.9 Å². The highest BCUT2D eigenvalue weighted by Gasteiger charge is 2.46. The summed E-state index contributed by atoms with van der Waals surface area (Å²) in [7, 11) is -2.48. The number of aromatic hydroxyl groups is 1. The molecule has 1 saturated heterocycles. The van der Waals surface area contributed by atoms with Crippen molar-refractivity contribution >= 4 is 98.1 Å². The monoisotopic (exact) mass is 1580 g/mol. The summed E-state index contributed by atoms with van der Waals surface area (Å²) in [5.74, 6) is -13.1. The largest absolute Gasteiger partial charge is 0.508 e. The number of benzene rings is 1. The van der Waals surface area contributed by atoms with Gasteiger partial charge in [0, 0.05) is 90.8 Å². The molecule has 15 N–H and O–H groups in total. The Hall–Kier alpha value is -7.35. The predicted molar refractivity (Wildman–Crippen MR) is 390 cm³/mol. The molecule has 2 bridgehead atoms. The third-order valence-electron chi connectivity index (χ3n) is 19.0. The maximum atomic E-state index is 15.3. The van der Waals surface area contributed by atoms with Gasteiger partial charge in [0.15, 0.2) is 5.78 Å². The Morgan fingerprint density at radius 3 is 1.86 bits per heavy atom. The summed E-state index contributed by atoms with van der Waals surface area (Å²) in [5, 5.41) is 60.3. The van der Waals surface area contributed by atoms with E-state index >= 15 is 4.21 Å². The number of hydrogen-bond donors (Lipinski definition) is 14. The number of amides is 8. The molecule has 109 heavy (non-hydrogen) atoms. The molecule has 8 amide bonds. The Morgan fingerprint density at radius 1 is 0.706 bits per heavy atom. The number of phenols is 1. The Morgan fingerprint density at radius 2 is 1.29 bits per heavy atom. The van der Waals surface area contributed by atoms with Crippen LogP contribution in [0.1, 0.15) is 77.3 Å². The third-order valence-corrected chi connectivity index (χ3v) is 21.4. The van der Waals surface area contributed by atoms with E-state index in [4.69, 9.17) is 48.4 Å². The lowest BCUT2D eigenvalue weighted by Crippen LogP contribution is -2.62. The van der Waals surface area contributed by atoms with Crippen LogP contribution in [0.4, 0.5) is 0 Å². The lowest BCUT2D eigenvalue weighted by molar-refractivity contribution is -0.144. The Kier molecular flexibility index (Phi) is 37.9. The molecule has 7 rings (SSSR count). The highest BCUT2D eigenvalue weighted by molar-refractivity contribution is 7.98. The van der Waals surface area contributed by atoms with Gasteiger partial charge in [-0.25, -0.2) is 0 Å². The van der Waals surface area contributed by atoms with Crippen LogP contribution in [0.3, 0.4) is 0 Å². The van der Waals surface area contributed by atoms with Crippen LogP contribution in [0.5, 0.6) is 5.75 Å². The number of nitrogens with two attached hydrogens (primary N) is 1. The maximum Gasteiger partial charge on any atom is 0.246 e. The van der Waals surface area contributed by atoms with E-state index in [0.717, 1.165) is 10.6 Å².